The van der Waals surface area contributed by atoms with Crippen LogP contribution in [0.15, 0.2) is 48.5 Å². The average molecular weight is 647 g/mol. The van der Waals surface area contributed by atoms with E-state index < -0.39 is 11.2 Å². The van der Waals surface area contributed by atoms with Gasteiger partial charge in [-0.3, -0.25) is 9.80 Å². The predicted molar refractivity (Wildman–Crippen MR) is 183 cm³/mol. The zero-order valence-electron chi connectivity index (χ0n) is 28.3. The van der Waals surface area contributed by atoms with Crippen molar-refractivity contribution in [1.82, 2.24) is 29.7 Å². The van der Waals surface area contributed by atoms with Crippen LogP contribution in [-0.4, -0.2) is 65.2 Å². The first-order chi connectivity index (χ1) is 22.8. The van der Waals surface area contributed by atoms with Crippen molar-refractivity contribution in [1.29, 1.82) is 0 Å². The predicted octanol–water partition coefficient (Wildman–Crippen LogP) is 8.40. The zero-order valence-corrected chi connectivity index (χ0v) is 28.3. The number of nitrogens with one attached hydrogen (secondary N) is 2. The van der Waals surface area contributed by atoms with E-state index in [1.165, 1.54) is 0 Å². The maximum Gasteiger partial charge on any atom is 0.411 e. The van der Waals surface area contributed by atoms with Gasteiger partial charge in [0.2, 0.25) is 0 Å². The number of hydrogen-bond donors (Lipinski definition) is 2. The molecule has 4 heterocycles. The van der Waals surface area contributed by atoms with Crippen LogP contribution in [0.1, 0.15) is 91.0 Å². The number of hydrogen-bond acceptors (Lipinski definition) is 6. The van der Waals surface area contributed by atoms with Crippen LogP contribution in [0, 0.1) is 11.8 Å². The van der Waals surface area contributed by atoms with E-state index in [0.717, 1.165) is 81.3 Å². The smallest absolute Gasteiger partial charge is 0.411 e. The number of carbonyl (C=O) groups is 2. The van der Waals surface area contributed by atoms with Crippen LogP contribution in [0.3, 0.4) is 0 Å². The normalized spacial score (nSPS) is 26.3. The van der Waals surface area contributed by atoms with Crippen molar-refractivity contribution in [2.45, 2.75) is 103 Å². The number of H-pyrrole nitrogens is 2. The third-order valence-corrected chi connectivity index (χ3v) is 10.4. The Labute approximate surface area is 279 Å². The molecule has 248 valence electrons. The van der Waals surface area contributed by atoms with E-state index in [-0.39, 0.29) is 36.4 Å². The minimum Gasteiger partial charge on any atom is -0.444 e. The molecule has 0 bridgehead atoms. The first-order valence-electron chi connectivity index (χ1n) is 17.2. The van der Waals surface area contributed by atoms with Gasteiger partial charge in [0.05, 0.1) is 34.2 Å². The highest BCUT2D eigenvalue weighted by Crippen LogP contribution is 2.54. The molecule has 2 N–H and O–H groups in total. The summed E-state index contributed by atoms with van der Waals surface area (Å²) < 4.78 is 11.5. The van der Waals surface area contributed by atoms with Crippen molar-refractivity contribution in [3.63, 3.8) is 0 Å². The number of amides is 2. The summed E-state index contributed by atoms with van der Waals surface area (Å²) in [5.74, 6) is 2.69. The summed E-state index contributed by atoms with van der Waals surface area (Å²) in [7, 11) is 0. The molecule has 3 aromatic carbocycles. The van der Waals surface area contributed by atoms with Gasteiger partial charge in [-0.15, -0.1) is 0 Å². The fraction of sp³-hybridized carbons (Fsp3) is 0.474. The lowest BCUT2D eigenvalue weighted by Gasteiger charge is -2.29. The fourth-order valence-electron chi connectivity index (χ4n) is 8.08. The number of carbonyl (C=O) groups excluding carboxylic acids is 2. The molecule has 2 amide bonds. The van der Waals surface area contributed by atoms with E-state index in [2.05, 4.69) is 52.4 Å². The summed E-state index contributed by atoms with van der Waals surface area (Å²) in [6.45, 7) is 11.4. The first-order valence-corrected chi connectivity index (χ1v) is 17.2. The Balaban J connectivity index is 0.994. The minimum absolute atomic E-state index is 0.104. The van der Waals surface area contributed by atoms with Crippen LogP contribution >= 0.6 is 0 Å². The summed E-state index contributed by atoms with van der Waals surface area (Å²) in [5.41, 5.74) is 4.81. The third kappa shape index (κ3) is 4.99. The molecule has 10 nitrogen and oxygen atoms in total. The first kappa shape index (κ1) is 29.5. The standard InChI is InChI=1S/C38H42N6O4/c1-37(2,3)47-35(45)43-28-15-22(28)17-30(43)33-39-25-11-8-20(14-27(25)41-33)19-7-10-24-21(13-19)9-12-26-32(24)42-34(40-26)31-18-23-16-29(23)44(31)36(46)48-38(4,5)6/h7-14,22-23,28-31H,15-18H2,1-6H3,(H,39,41)(H,40,42)/t22-,23-,28-,29-,30+,31+/m1/s1. The quantitative estimate of drug-likeness (QED) is 0.203. The molecule has 0 radical (unpaired) electrons. The van der Waals surface area contributed by atoms with Gasteiger partial charge in [0.25, 0.3) is 0 Å². The average Bonchev–Trinajstić information content (AvgIpc) is 3.66. The number of imidazole rings is 2. The molecule has 10 heteroatoms. The summed E-state index contributed by atoms with van der Waals surface area (Å²) in [4.78, 5) is 47.2. The molecule has 5 aromatic rings. The van der Waals surface area contributed by atoms with Gasteiger partial charge in [0.1, 0.15) is 22.9 Å². The molecule has 2 aliphatic carbocycles. The lowest BCUT2D eigenvalue weighted by atomic mass is 10.0. The zero-order chi connectivity index (χ0) is 33.3. The number of nitrogens with zero attached hydrogens (tertiary/aromatic N) is 4. The summed E-state index contributed by atoms with van der Waals surface area (Å²) in [6, 6.07) is 17.3. The van der Waals surface area contributed by atoms with Gasteiger partial charge in [-0.1, -0.05) is 24.3 Å². The van der Waals surface area contributed by atoms with Crippen molar-refractivity contribution in [3.05, 3.63) is 60.2 Å². The van der Waals surface area contributed by atoms with Crippen LogP contribution < -0.4 is 0 Å². The number of aromatic amines is 2. The molecule has 2 saturated carbocycles. The van der Waals surface area contributed by atoms with Gasteiger partial charge in [-0.05, 0) is 120 Å². The number of ether oxygens (including phenoxy) is 2. The molecule has 4 fully saturated rings. The fourth-order valence-corrected chi connectivity index (χ4v) is 8.08. The minimum atomic E-state index is -0.542. The van der Waals surface area contributed by atoms with Crippen LogP contribution in [-0.2, 0) is 9.47 Å². The number of fused-ring (bicyclic) bond motifs is 6. The second kappa shape index (κ2) is 9.96. The Hall–Kier alpha value is -4.60. The number of rotatable bonds is 3. The van der Waals surface area contributed by atoms with Gasteiger partial charge in [0, 0.05) is 17.5 Å². The van der Waals surface area contributed by atoms with E-state index in [1.807, 2.05) is 57.4 Å². The number of benzene rings is 3. The molecular weight excluding hydrogens is 604 g/mol. The second-order valence-corrected chi connectivity index (χ2v) is 16.3. The summed E-state index contributed by atoms with van der Waals surface area (Å²) in [5, 5.41) is 2.16. The molecule has 6 atom stereocenters. The summed E-state index contributed by atoms with van der Waals surface area (Å²) >= 11 is 0. The Bertz CT molecular complexity index is 2140. The number of piperidine rings is 2. The maximum absolute atomic E-state index is 13.2. The van der Waals surface area contributed by atoms with E-state index in [4.69, 9.17) is 19.4 Å². The molecule has 0 unspecified atom stereocenters. The topological polar surface area (TPSA) is 116 Å². The molecule has 2 aliphatic heterocycles. The van der Waals surface area contributed by atoms with Crippen LogP contribution in [0.4, 0.5) is 9.59 Å². The Morgan fingerprint density at radius 1 is 0.688 bits per heavy atom. The monoisotopic (exact) mass is 646 g/mol. The Kier molecular flexibility index (Phi) is 6.13. The SMILES string of the molecule is CC(C)(C)OC(=O)N1[C@@H]2C[C@@H]2C[C@H]1c1nc2ccc(-c3ccc4c(ccc5[nH]c([C@@H]6C[C@H]7C[C@H]7N6C(=O)OC(C)(C)C)nc54)c3)cc2[nH]1. The van der Waals surface area contributed by atoms with Crippen molar-refractivity contribution in [2.24, 2.45) is 11.8 Å². The summed E-state index contributed by atoms with van der Waals surface area (Å²) in [6.07, 6.45) is 3.39. The lowest BCUT2D eigenvalue weighted by molar-refractivity contribution is 0.0164. The molecular formula is C38H42N6O4. The highest BCUT2D eigenvalue weighted by molar-refractivity contribution is 6.05. The second-order valence-electron chi connectivity index (χ2n) is 16.3. The van der Waals surface area contributed by atoms with E-state index in [1.54, 1.807) is 0 Å². The van der Waals surface area contributed by atoms with Gasteiger partial charge in [-0.2, -0.15) is 0 Å². The van der Waals surface area contributed by atoms with Crippen LogP contribution in [0.5, 0.6) is 0 Å². The highest BCUT2D eigenvalue weighted by atomic mass is 16.6. The molecule has 9 rings (SSSR count). The van der Waals surface area contributed by atoms with Gasteiger partial charge >= 0.3 is 12.2 Å². The highest BCUT2D eigenvalue weighted by Gasteiger charge is 2.57. The van der Waals surface area contributed by atoms with E-state index in [0.29, 0.717) is 11.8 Å². The van der Waals surface area contributed by atoms with E-state index >= 15 is 0 Å². The van der Waals surface area contributed by atoms with Gasteiger partial charge in [0.15, 0.2) is 0 Å². The number of aromatic nitrogens is 4. The van der Waals surface area contributed by atoms with Crippen LogP contribution in [0.25, 0.3) is 44.0 Å². The van der Waals surface area contributed by atoms with Gasteiger partial charge in [-0.25, -0.2) is 19.6 Å². The van der Waals surface area contributed by atoms with Gasteiger partial charge < -0.3 is 19.4 Å². The van der Waals surface area contributed by atoms with E-state index in [9.17, 15) is 9.59 Å². The molecule has 2 aromatic heterocycles. The van der Waals surface area contributed by atoms with Crippen molar-refractivity contribution in [3.8, 4) is 11.1 Å². The molecule has 2 saturated heterocycles. The Morgan fingerprint density at radius 3 is 1.88 bits per heavy atom. The van der Waals surface area contributed by atoms with Crippen LogP contribution in [0.2, 0.25) is 0 Å². The van der Waals surface area contributed by atoms with Crippen molar-refractivity contribution < 1.29 is 19.1 Å². The largest absolute Gasteiger partial charge is 0.444 e. The molecule has 4 aliphatic rings. The lowest BCUT2D eigenvalue weighted by Crippen LogP contribution is -2.38. The molecule has 48 heavy (non-hydrogen) atoms. The van der Waals surface area contributed by atoms with Crippen molar-refractivity contribution in [2.75, 3.05) is 0 Å². The number of likely N-dealkylation sites (tertiary alicyclic amines) is 2. The maximum atomic E-state index is 13.2. The Morgan fingerprint density at radius 2 is 1.25 bits per heavy atom. The molecule has 0 spiro atoms. The third-order valence-electron chi connectivity index (χ3n) is 10.4. The van der Waals surface area contributed by atoms with Crippen molar-refractivity contribution >= 4 is 45.0 Å².